The van der Waals surface area contributed by atoms with Crippen LogP contribution in [0.4, 0.5) is 17.1 Å². The van der Waals surface area contributed by atoms with Gasteiger partial charge in [-0.25, -0.2) is 0 Å². The van der Waals surface area contributed by atoms with Crippen LogP contribution >= 0.6 is 0 Å². The molecule has 4 heteroatoms. The highest BCUT2D eigenvalue weighted by atomic mass is 16.3. The van der Waals surface area contributed by atoms with Gasteiger partial charge in [0.2, 0.25) is 5.71 Å². The van der Waals surface area contributed by atoms with Gasteiger partial charge in [0.1, 0.15) is 11.2 Å². The third-order valence-electron chi connectivity index (χ3n) is 10.4. The van der Waals surface area contributed by atoms with Crippen LogP contribution in [-0.2, 0) is 0 Å². The minimum absolute atomic E-state index is 0.821. The third kappa shape index (κ3) is 4.21. The number of fused-ring (bicyclic) bond motifs is 9. The van der Waals surface area contributed by atoms with E-state index in [1.54, 1.807) is 0 Å². The van der Waals surface area contributed by atoms with Gasteiger partial charge in [0.05, 0.1) is 28.0 Å². The quantitative estimate of drug-likeness (QED) is 0.183. The molecule has 0 fully saturated rings. The average molecular weight is 667 g/mol. The Balaban J connectivity index is 1.26. The first-order valence-corrected chi connectivity index (χ1v) is 17.6. The van der Waals surface area contributed by atoms with Gasteiger partial charge >= 0.3 is 0 Å². The van der Waals surface area contributed by atoms with Gasteiger partial charge in [-0.2, -0.15) is 0 Å². The van der Waals surface area contributed by atoms with E-state index in [0.717, 1.165) is 88.6 Å². The summed E-state index contributed by atoms with van der Waals surface area (Å²) in [7, 11) is 0. The zero-order chi connectivity index (χ0) is 34.2. The molecule has 0 saturated carbocycles. The van der Waals surface area contributed by atoms with Crippen LogP contribution in [0.3, 0.4) is 0 Å². The smallest absolute Gasteiger partial charge is 0.213 e. The van der Waals surface area contributed by atoms with Crippen molar-refractivity contribution in [1.29, 1.82) is 0 Å². The van der Waals surface area contributed by atoms with E-state index >= 15 is 0 Å². The van der Waals surface area contributed by atoms with Crippen molar-refractivity contribution in [3.8, 4) is 16.8 Å². The summed E-state index contributed by atoms with van der Waals surface area (Å²) in [5, 5.41) is 7.79. The Morgan fingerprint density at radius 2 is 1.02 bits per heavy atom. The third-order valence-corrected chi connectivity index (χ3v) is 10.4. The monoisotopic (exact) mass is 666 g/mol. The zero-order valence-corrected chi connectivity index (χ0v) is 28.0. The highest BCUT2D eigenvalue weighted by Crippen LogP contribution is 2.49. The molecule has 0 aliphatic heterocycles. The van der Waals surface area contributed by atoms with Crippen LogP contribution in [-0.4, -0.2) is 4.57 Å². The van der Waals surface area contributed by atoms with E-state index in [1.807, 2.05) is 18.2 Å². The van der Waals surface area contributed by atoms with Crippen LogP contribution in [0.1, 0.15) is 0 Å². The highest BCUT2D eigenvalue weighted by molar-refractivity contribution is 6.25. The lowest BCUT2D eigenvalue weighted by atomic mass is 10.0. The maximum atomic E-state index is 6.82. The molecule has 0 saturated heterocycles. The number of rotatable bonds is 5. The molecule has 8 aromatic carbocycles. The maximum absolute atomic E-state index is 6.82. The molecule has 0 aliphatic rings. The lowest BCUT2D eigenvalue weighted by Gasteiger charge is -2.27. The minimum Gasteiger partial charge on any atom is -0.454 e. The number of hydrogen-bond acceptors (Lipinski definition) is 3. The van der Waals surface area contributed by atoms with E-state index < -0.39 is 0 Å². The zero-order valence-electron chi connectivity index (χ0n) is 28.0. The molecule has 0 radical (unpaired) electrons. The van der Waals surface area contributed by atoms with Crippen LogP contribution in [0.2, 0.25) is 0 Å². The van der Waals surface area contributed by atoms with Crippen molar-refractivity contribution < 1.29 is 8.83 Å². The highest BCUT2D eigenvalue weighted by Gasteiger charge is 2.27. The Labute approximate surface area is 299 Å². The summed E-state index contributed by atoms with van der Waals surface area (Å²) in [5.74, 6) is 0. The second-order valence-corrected chi connectivity index (χ2v) is 13.3. The van der Waals surface area contributed by atoms with Crippen LogP contribution < -0.4 is 4.90 Å². The molecule has 3 heterocycles. The van der Waals surface area contributed by atoms with Gasteiger partial charge in [-0.05, 0) is 65.0 Å². The van der Waals surface area contributed by atoms with Crippen LogP contribution in [0.25, 0.3) is 82.5 Å². The first-order chi connectivity index (χ1) is 25.8. The minimum atomic E-state index is 0.821. The number of para-hydroxylation sites is 3. The van der Waals surface area contributed by atoms with Crippen molar-refractivity contribution in [1.82, 2.24) is 4.57 Å². The Morgan fingerprint density at radius 3 is 1.87 bits per heavy atom. The largest absolute Gasteiger partial charge is 0.454 e. The summed E-state index contributed by atoms with van der Waals surface area (Å²) in [4.78, 5) is 2.36. The molecule has 4 nitrogen and oxygen atoms in total. The van der Waals surface area contributed by atoms with Crippen molar-refractivity contribution in [2.45, 2.75) is 0 Å². The number of furan rings is 2. The molecule has 244 valence electrons. The van der Waals surface area contributed by atoms with E-state index in [-0.39, 0.29) is 0 Å². The molecule has 11 aromatic rings. The summed E-state index contributed by atoms with van der Waals surface area (Å²) in [6.45, 7) is 0. The number of nitrogens with zero attached hydrogens (tertiary/aromatic N) is 2. The van der Waals surface area contributed by atoms with Crippen LogP contribution in [0.15, 0.2) is 191 Å². The average Bonchev–Trinajstić information content (AvgIpc) is 3.88. The molecule has 3 aromatic heterocycles. The van der Waals surface area contributed by atoms with Crippen molar-refractivity contribution in [3.05, 3.63) is 182 Å². The Morgan fingerprint density at radius 1 is 0.404 bits per heavy atom. The summed E-state index contributed by atoms with van der Waals surface area (Å²) in [5.41, 5.74) is 10.9. The van der Waals surface area contributed by atoms with Crippen molar-refractivity contribution >= 4 is 82.7 Å². The Hall–Kier alpha value is -7.04. The predicted molar refractivity (Wildman–Crippen MR) is 215 cm³/mol. The topological polar surface area (TPSA) is 34.5 Å². The standard InChI is InChI=1S/C48H30N2O2/c1-2-13-31(14-3-1)32-27-29-34(30-28-32)49(42-24-11-20-37-36-18-6-8-25-43(36)51-47(37)42)40-22-12-23-41-46(40)45-38-19-7-9-26-44(38)52-48(45)50(41)39-21-10-16-33-15-4-5-17-35(33)39/h1-30H. The van der Waals surface area contributed by atoms with E-state index in [0.29, 0.717) is 0 Å². The SMILES string of the molecule is c1ccc(-c2ccc(N(c3cccc4c3oc3ccccc34)c3cccc4c3c3c5ccccc5oc3n4-c3cccc4ccccc34)cc2)cc1. The first-order valence-electron chi connectivity index (χ1n) is 17.6. The van der Waals surface area contributed by atoms with Gasteiger partial charge in [-0.3, -0.25) is 4.57 Å². The van der Waals surface area contributed by atoms with Crippen molar-refractivity contribution in [2.24, 2.45) is 0 Å². The molecular weight excluding hydrogens is 637 g/mol. The fourth-order valence-electron chi connectivity index (χ4n) is 8.09. The second-order valence-electron chi connectivity index (χ2n) is 13.3. The van der Waals surface area contributed by atoms with Crippen LogP contribution in [0.5, 0.6) is 0 Å². The molecule has 0 N–H and O–H groups in total. The molecule has 11 rings (SSSR count). The lowest BCUT2D eigenvalue weighted by molar-refractivity contribution is 0.646. The fourth-order valence-corrected chi connectivity index (χ4v) is 8.09. The van der Waals surface area contributed by atoms with Gasteiger partial charge in [0.25, 0.3) is 0 Å². The molecule has 0 atom stereocenters. The van der Waals surface area contributed by atoms with E-state index in [1.165, 1.54) is 10.9 Å². The lowest BCUT2D eigenvalue weighted by Crippen LogP contribution is -2.10. The van der Waals surface area contributed by atoms with Gasteiger partial charge < -0.3 is 13.7 Å². The number of aromatic nitrogens is 1. The molecule has 0 aliphatic carbocycles. The van der Waals surface area contributed by atoms with Gasteiger partial charge in [-0.1, -0.05) is 133 Å². The summed E-state index contributed by atoms with van der Waals surface area (Å²) < 4.78 is 15.8. The Bertz CT molecular complexity index is 3120. The summed E-state index contributed by atoms with van der Waals surface area (Å²) >= 11 is 0. The van der Waals surface area contributed by atoms with Gasteiger partial charge in [0, 0.05) is 32.6 Å². The van der Waals surface area contributed by atoms with Crippen molar-refractivity contribution in [3.63, 3.8) is 0 Å². The normalized spacial score (nSPS) is 11.8. The maximum Gasteiger partial charge on any atom is 0.213 e. The summed E-state index contributed by atoms with van der Waals surface area (Å²) in [6.07, 6.45) is 0. The summed E-state index contributed by atoms with van der Waals surface area (Å²) in [6, 6.07) is 64.1. The van der Waals surface area contributed by atoms with Gasteiger partial charge in [-0.15, -0.1) is 0 Å². The predicted octanol–water partition coefficient (Wildman–Crippen LogP) is 13.7. The number of benzene rings is 8. The van der Waals surface area contributed by atoms with E-state index in [4.69, 9.17) is 8.83 Å². The molecule has 0 bridgehead atoms. The molecule has 0 unspecified atom stereocenters. The van der Waals surface area contributed by atoms with E-state index in [9.17, 15) is 0 Å². The van der Waals surface area contributed by atoms with E-state index in [2.05, 4.69) is 173 Å². The van der Waals surface area contributed by atoms with Crippen LogP contribution in [0, 0.1) is 0 Å². The number of anilines is 3. The molecule has 52 heavy (non-hydrogen) atoms. The number of hydrogen-bond donors (Lipinski definition) is 0. The molecule has 0 spiro atoms. The van der Waals surface area contributed by atoms with Gasteiger partial charge in [0.15, 0.2) is 5.58 Å². The van der Waals surface area contributed by atoms with Crippen molar-refractivity contribution in [2.75, 3.05) is 4.90 Å². The molecule has 0 amide bonds. The Kier molecular flexibility index (Phi) is 6.22. The fraction of sp³-hybridized carbons (Fsp3) is 0. The second kappa shape index (κ2) is 11.2. The first kappa shape index (κ1) is 28.8. The molecular formula is C48H30N2O2.